The molecule has 0 saturated heterocycles. The van der Waals surface area contributed by atoms with Crippen molar-refractivity contribution in [2.75, 3.05) is 6.54 Å². The van der Waals surface area contributed by atoms with Gasteiger partial charge in [0.15, 0.2) is 0 Å². The monoisotopic (exact) mass is 302 g/mol. The zero-order valence-electron chi connectivity index (χ0n) is 9.89. The maximum Gasteiger partial charge on any atom is 0.234 e. The fourth-order valence-electron chi connectivity index (χ4n) is 1.41. The van der Waals surface area contributed by atoms with Gasteiger partial charge < -0.3 is 10.6 Å². The molecule has 2 N–H and O–H groups in total. The zero-order valence-corrected chi connectivity index (χ0v) is 11.5. The molecule has 0 atom stereocenters. The van der Waals surface area contributed by atoms with Crippen LogP contribution in [0.15, 0.2) is 22.7 Å². The second kappa shape index (κ2) is 6.71. The standard InChI is InChI=1S/C12H16BrFN2O/c1-8(2)16-12(17)7-15-6-9-3-10(13)5-11(14)4-9/h3-5,8,15H,6-7H2,1-2H3,(H,16,17). The number of hydrogen-bond acceptors (Lipinski definition) is 2. The molecular formula is C12H16BrFN2O. The van der Waals surface area contributed by atoms with Gasteiger partial charge in [0.25, 0.3) is 0 Å². The van der Waals surface area contributed by atoms with E-state index >= 15 is 0 Å². The fraction of sp³-hybridized carbons (Fsp3) is 0.417. The van der Waals surface area contributed by atoms with Crippen LogP contribution in [0.1, 0.15) is 19.4 Å². The Kier molecular flexibility index (Phi) is 5.58. The van der Waals surface area contributed by atoms with Crippen molar-refractivity contribution < 1.29 is 9.18 Å². The molecule has 0 radical (unpaired) electrons. The number of amides is 1. The lowest BCUT2D eigenvalue weighted by Gasteiger charge is -2.09. The topological polar surface area (TPSA) is 41.1 Å². The van der Waals surface area contributed by atoms with E-state index in [1.54, 1.807) is 0 Å². The smallest absolute Gasteiger partial charge is 0.234 e. The van der Waals surface area contributed by atoms with Crippen LogP contribution in [0.5, 0.6) is 0 Å². The summed E-state index contributed by atoms with van der Waals surface area (Å²) in [5, 5.41) is 5.73. The Labute approximate surface area is 109 Å². The van der Waals surface area contributed by atoms with Crippen LogP contribution in [0, 0.1) is 5.82 Å². The highest BCUT2D eigenvalue weighted by molar-refractivity contribution is 9.10. The van der Waals surface area contributed by atoms with Crippen LogP contribution in [-0.4, -0.2) is 18.5 Å². The Bertz CT molecular complexity index is 376. The van der Waals surface area contributed by atoms with E-state index in [9.17, 15) is 9.18 Å². The van der Waals surface area contributed by atoms with E-state index in [0.717, 1.165) is 5.56 Å². The normalized spacial score (nSPS) is 10.6. The molecule has 94 valence electrons. The first-order chi connectivity index (χ1) is 7.97. The second-order valence-electron chi connectivity index (χ2n) is 4.10. The predicted octanol–water partition coefficient (Wildman–Crippen LogP) is 2.20. The number of rotatable bonds is 5. The van der Waals surface area contributed by atoms with Gasteiger partial charge in [-0.05, 0) is 37.6 Å². The van der Waals surface area contributed by atoms with E-state index in [1.807, 2.05) is 19.9 Å². The van der Waals surface area contributed by atoms with E-state index in [-0.39, 0.29) is 24.3 Å². The summed E-state index contributed by atoms with van der Waals surface area (Å²) in [4.78, 5) is 11.3. The van der Waals surface area contributed by atoms with Gasteiger partial charge in [-0.2, -0.15) is 0 Å². The van der Waals surface area contributed by atoms with Gasteiger partial charge in [0, 0.05) is 17.1 Å². The minimum atomic E-state index is -0.289. The first-order valence-corrected chi connectivity index (χ1v) is 6.21. The molecule has 5 heteroatoms. The van der Waals surface area contributed by atoms with Crippen LogP contribution >= 0.6 is 15.9 Å². The molecule has 1 aromatic carbocycles. The third-order valence-corrected chi connectivity index (χ3v) is 2.44. The summed E-state index contributed by atoms with van der Waals surface area (Å²) in [6, 6.07) is 4.79. The number of nitrogens with one attached hydrogen (secondary N) is 2. The molecule has 0 aliphatic heterocycles. The molecule has 0 saturated carbocycles. The minimum Gasteiger partial charge on any atom is -0.353 e. The van der Waals surface area contributed by atoms with Crippen LogP contribution in [0.25, 0.3) is 0 Å². The predicted molar refractivity (Wildman–Crippen MR) is 69.1 cm³/mol. The molecule has 1 rings (SSSR count). The number of carbonyl (C=O) groups is 1. The quantitative estimate of drug-likeness (QED) is 0.875. The van der Waals surface area contributed by atoms with Crippen molar-refractivity contribution in [3.63, 3.8) is 0 Å². The van der Waals surface area contributed by atoms with Gasteiger partial charge in [-0.25, -0.2) is 4.39 Å². The van der Waals surface area contributed by atoms with E-state index in [0.29, 0.717) is 11.0 Å². The number of carbonyl (C=O) groups excluding carboxylic acids is 1. The van der Waals surface area contributed by atoms with Crippen molar-refractivity contribution in [3.8, 4) is 0 Å². The van der Waals surface area contributed by atoms with Crippen molar-refractivity contribution in [1.82, 2.24) is 10.6 Å². The molecule has 0 fully saturated rings. The minimum absolute atomic E-state index is 0.0598. The van der Waals surface area contributed by atoms with Crippen molar-refractivity contribution >= 4 is 21.8 Å². The van der Waals surface area contributed by atoms with E-state index in [1.165, 1.54) is 12.1 Å². The lowest BCUT2D eigenvalue weighted by molar-refractivity contribution is -0.120. The Morgan fingerprint density at radius 1 is 1.41 bits per heavy atom. The summed E-state index contributed by atoms with van der Waals surface area (Å²) in [5.41, 5.74) is 0.800. The van der Waals surface area contributed by atoms with Crippen LogP contribution in [0.3, 0.4) is 0 Å². The van der Waals surface area contributed by atoms with Crippen LogP contribution in [-0.2, 0) is 11.3 Å². The van der Waals surface area contributed by atoms with E-state index < -0.39 is 0 Å². The summed E-state index contributed by atoms with van der Waals surface area (Å²) in [6.07, 6.45) is 0. The number of hydrogen-bond donors (Lipinski definition) is 2. The molecule has 1 amide bonds. The second-order valence-corrected chi connectivity index (χ2v) is 5.02. The molecule has 0 aromatic heterocycles. The fourth-order valence-corrected chi connectivity index (χ4v) is 1.92. The highest BCUT2D eigenvalue weighted by atomic mass is 79.9. The third kappa shape index (κ3) is 5.79. The van der Waals surface area contributed by atoms with Crippen LogP contribution in [0.4, 0.5) is 4.39 Å². The largest absolute Gasteiger partial charge is 0.353 e. The van der Waals surface area contributed by atoms with Gasteiger partial charge in [-0.3, -0.25) is 4.79 Å². The van der Waals surface area contributed by atoms with Gasteiger partial charge in [0.05, 0.1) is 6.54 Å². The Morgan fingerprint density at radius 2 is 2.12 bits per heavy atom. The highest BCUT2D eigenvalue weighted by Crippen LogP contribution is 2.14. The molecule has 17 heavy (non-hydrogen) atoms. The number of halogens is 2. The average molecular weight is 303 g/mol. The summed E-state index contributed by atoms with van der Waals surface area (Å²) in [6.45, 7) is 4.50. The van der Waals surface area contributed by atoms with Gasteiger partial charge in [-0.15, -0.1) is 0 Å². The summed E-state index contributed by atoms with van der Waals surface area (Å²) in [5.74, 6) is -0.349. The van der Waals surface area contributed by atoms with Crippen LogP contribution < -0.4 is 10.6 Å². The van der Waals surface area contributed by atoms with E-state index in [4.69, 9.17) is 0 Å². The lowest BCUT2D eigenvalue weighted by atomic mass is 10.2. The Morgan fingerprint density at radius 3 is 2.71 bits per heavy atom. The van der Waals surface area contributed by atoms with Crippen LogP contribution in [0.2, 0.25) is 0 Å². The average Bonchev–Trinajstić information content (AvgIpc) is 2.14. The summed E-state index contributed by atoms with van der Waals surface area (Å²) < 4.78 is 13.7. The van der Waals surface area contributed by atoms with Crippen molar-refractivity contribution in [2.45, 2.75) is 26.4 Å². The first kappa shape index (κ1) is 14.1. The highest BCUT2D eigenvalue weighted by Gasteiger charge is 2.03. The summed E-state index contributed by atoms with van der Waals surface area (Å²) >= 11 is 3.22. The van der Waals surface area contributed by atoms with Gasteiger partial charge in [-0.1, -0.05) is 15.9 Å². The van der Waals surface area contributed by atoms with Crippen molar-refractivity contribution in [2.24, 2.45) is 0 Å². The van der Waals surface area contributed by atoms with Gasteiger partial charge in [0.2, 0.25) is 5.91 Å². The van der Waals surface area contributed by atoms with Crippen molar-refractivity contribution in [1.29, 1.82) is 0 Å². The summed E-state index contributed by atoms with van der Waals surface area (Å²) in [7, 11) is 0. The molecule has 0 spiro atoms. The molecule has 1 aromatic rings. The SMILES string of the molecule is CC(C)NC(=O)CNCc1cc(F)cc(Br)c1. The van der Waals surface area contributed by atoms with Crippen molar-refractivity contribution in [3.05, 3.63) is 34.1 Å². The lowest BCUT2D eigenvalue weighted by Crippen LogP contribution is -2.37. The molecule has 0 unspecified atom stereocenters. The van der Waals surface area contributed by atoms with E-state index in [2.05, 4.69) is 26.6 Å². The molecule has 0 aliphatic carbocycles. The molecule has 3 nitrogen and oxygen atoms in total. The Balaban J connectivity index is 2.38. The molecular weight excluding hydrogens is 287 g/mol. The molecule has 0 bridgehead atoms. The maximum absolute atomic E-state index is 13.0. The molecule has 0 heterocycles. The zero-order chi connectivity index (χ0) is 12.8. The Hall–Kier alpha value is -0.940. The third-order valence-electron chi connectivity index (χ3n) is 1.99. The maximum atomic E-state index is 13.0. The molecule has 0 aliphatic rings. The van der Waals surface area contributed by atoms with Gasteiger partial charge in [0.1, 0.15) is 5.82 Å². The first-order valence-electron chi connectivity index (χ1n) is 5.42. The number of benzene rings is 1. The van der Waals surface area contributed by atoms with Gasteiger partial charge >= 0.3 is 0 Å².